The molecule has 0 radical (unpaired) electrons. The van der Waals surface area contributed by atoms with Crippen molar-refractivity contribution < 1.29 is 4.74 Å². The van der Waals surface area contributed by atoms with E-state index < -0.39 is 0 Å². The van der Waals surface area contributed by atoms with Gasteiger partial charge in [0.2, 0.25) is 0 Å². The molecule has 1 aliphatic heterocycles. The maximum atomic E-state index is 5.99. The van der Waals surface area contributed by atoms with E-state index in [9.17, 15) is 0 Å². The number of rotatable bonds is 1. The van der Waals surface area contributed by atoms with E-state index >= 15 is 0 Å². The van der Waals surface area contributed by atoms with Crippen LogP contribution in [0.1, 0.15) is 23.7 Å². The molecule has 96 valence electrons. The van der Waals surface area contributed by atoms with E-state index in [1.54, 1.807) is 0 Å². The Kier molecular flexibility index (Phi) is 3.10. The number of ether oxygens (including phenoxy) is 1. The lowest BCUT2D eigenvalue weighted by Gasteiger charge is -2.14. The molecule has 1 aromatic heterocycles. The summed E-state index contributed by atoms with van der Waals surface area (Å²) < 4.78 is 8.20. The van der Waals surface area contributed by atoms with Crippen molar-refractivity contribution in [2.75, 3.05) is 19.7 Å². The molecule has 2 heterocycles. The Bertz CT molecular complexity index is 551. The van der Waals surface area contributed by atoms with Gasteiger partial charge in [0, 0.05) is 36.3 Å². The Labute approximate surface area is 108 Å². The van der Waals surface area contributed by atoms with Crippen LogP contribution in [0.4, 0.5) is 0 Å². The minimum absolute atomic E-state index is 0.227. The zero-order valence-corrected chi connectivity index (χ0v) is 11.1. The number of hydrogen-bond acceptors (Lipinski definition) is 2. The van der Waals surface area contributed by atoms with Crippen LogP contribution in [0.3, 0.4) is 0 Å². The van der Waals surface area contributed by atoms with Gasteiger partial charge in [-0.15, -0.1) is 0 Å². The molecule has 0 spiro atoms. The Morgan fingerprint density at radius 2 is 2.22 bits per heavy atom. The van der Waals surface area contributed by atoms with Crippen LogP contribution in [0, 0.1) is 6.92 Å². The minimum Gasteiger partial charge on any atom is -0.372 e. The SMILES string of the molecule is Cc1cccc2c1c(C1CCNCCO1)cn2C. The molecule has 1 aromatic carbocycles. The van der Waals surface area contributed by atoms with Crippen LogP contribution in [-0.2, 0) is 11.8 Å². The fraction of sp³-hybridized carbons (Fsp3) is 0.467. The van der Waals surface area contributed by atoms with Crippen molar-refractivity contribution in [1.82, 2.24) is 9.88 Å². The van der Waals surface area contributed by atoms with Gasteiger partial charge in [-0.25, -0.2) is 0 Å². The molecule has 1 aliphatic rings. The highest BCUT2D eigenvalue weighted by molar-refractivity contribution is 5.87. The Morgan fingerprint density at radius 3 is 3.11 bits per heavy atom. The first-order chi connectivity index (χ1) is 8.77. The third-order valence-corrected chi connectivity index (χ3v) is 3.78. The molecule has 2 aromatic rings. The van der Waals surface area contributed by atoms with Crippen molar-refractivity contribution in [3.8, 4) is 0 Å². The van der Waals surface area contributed by atoms with Crippen LogP contribution in [-0.4, -0.2) is 24.3 Å². The summed E-state index contributed by atoms with van der Waals surface area (Å²) in [5, 5.41) is 4.75. The Morgan fingerprint density at radius 1 is 1.33 bits per heavy atom. The minimum atomic E-state index is 0.227. The van der Waals surface area contributed by atoms with Gasteiger partial charge in [0.25, 0.3) is 0 Å². The van der Waals surface area contributed by atoms with Gasteiger partial charge in [-0.05, 0) is 31.5 Å². The third-order valence-electron chi connectivity index (χ3n) is 3.78. The van der Waals surface area contributed by atoms with Crippen LogP contribution in [0.25, 0.3) is 10.9 Å². The second-order valence-corrected chi connectivity index (χ2v) is 5.06. The molecule has 0 saturated carbocycles. The number of aryl methyl sites for hydroxylation is 2. The monoisotopic (exact) mass is 244 g/mol. The highest BCUT2D eigenvalue weighted by atomic mass is 16.5. The van der Waals surface area contributed by atoms with Crippen LogP contribution < -0.4 is 5.32 Å². The zero-order valence-electron chi connectivity index (χ0n) is 11.1. The van der Waals surface area contributed by atoms with Crippen molar-refractivity contribution in [3.05, 3.63) is 35.5 Å². The summed E-state index contributed by atoms with van der Waals surface area (Å²) >= 11 is 0. The van der Waals surface area contributed by atoms with E-state index in [1.807, 2.05) is 0 Å². The molecule has 18 heavy (non-hydrogen) atoms. The molecular weight excluding hydrogens is 224 g/mol. The molecule has 0 aliphatic carbocycles. The van der Waals surface area contributed by atoms with Crippen LogP contribution in [0.2, 0.25) is 0 Å². The molecule has 1 N–H and O–H groups in total. The normalized spacial score (nSPS) is 21.1. The summed E-state index contributed by atoms with van der Waals surface area (Å²) in [6, 6.07) is 6.48. The first-order valence-corrected chi connectivity index (χ1v) is 6.64. The molecule has 0 bridgehead atoms. The number of nitrogens with zero attached hydrogens (tertiary/aromatic N) is 1. The lowest BCUT2D eigenvalue weighted by molar-refractivity contribution is 0.0653. The second-order valence-electron chi connectivity index (χ2n) is 5.06. The maximum absolute atomic E-state index is 5.99. The molecule has 3 nitrogen and oxygen atoms in total. The predicted molar refractivity (Wildman–Crippen MR) is 73.8 cm³/mol. The largest absolute Gasteiger partial charge is 0.372 e. The molecular formula is C15H20N2O. The first kappa shape index (κ1) is 11.8. The van der Waals surface area contributed by atoms with E-state index in [0.29, 0.717) is 0 Å². The molecule has 3 rings (SSSR count). The fourth-order valence-corrected chi connectivity index (χ4v) is 2.87. The summed E-state index contributed by atoms with van der Waals surface area (Å²) in [4.78, 5) is 0. The Hall–Kier alpha value is -1.32. The van der Waals surface area contributed by atoms with Crippen LogP contribution >= 0.6 is 0 Å². The third kappa shape index (κ3) is 1.93. The van der Waals surface area contributed by atoms with E-state index in [4.69, 9.17) is 4.74 Å². The highest BCUT2D eigenvalue weighted by Crippen LogP contribution is 2.32. The van der Waals surface area contributed by atoms with E-state index in [0.717, 1.165) is 26.1 Å². The number of hydrogen-bond donors (Lipinski definition) is 1. The van der Waals surface area contributed by atoms with Gasteiger partial charge in [0.05, 0.1) is 12.7 Å². The number of nitrogens with one attached hydrogen (secondary N) is 1. The summed E-state index contributed by atoms with van der Waals surface area (Å²) in [7, 11) is 2.11. The standard InChI is InChI=1S/C15H20N2O/c1-11-4-3-5-13-15(11)12(10-17(13)2)14-6-7-16-8-9-18-14/h3-5,10,14,16H,6-9H2,1-2H3. The second kappa shape index (κ2) is 4.75. The van der Waals surface area contributed by atoms with Gasteiger partial charge >= 0.3 is 0 Å². The van der Waals surface area contributed by atoms with Crippen LogP contribution in [0.5, 0.6) is 0 Å². The first-order valence-electron chi connectivity index (χ1n) is 6.64. The molecule has 1 fully saturated rings. The summed E-state index contributed by atoms with van der Waals surface area (Å²) in [5.74, 6) is 0. The van der Waals surface area contributed by atoms with E-state index in [2.05, 4.69) is 48.3 Å². The lowest BCUT2D eigenvalue weighted by atomic mass is 10.0. The van der Waals surface area contributed by atoms with Gasteiger partial charge in [0.15, 0.2) is 0 Å². The molecule has 1 atom stereocenters. The number of fused-ring (bicyclic) bond motifs is 1. The van der Waals surface area contributed by atoms with Gasteiger partial charge in [0.1, 0.15) is 0 Å². The maximum Gasteiger partial charge on any atom is 0.0858 e. The summed E-state index contributed by atoms with van der Waals surface area (Å²) in [6.45, 7) is 4.97. The molecule has 3 heteroatoms. The number of aromatic nitrogens is 1. The molecule has 0 amide bonds. The van der Waals surface area contributed by atoms with Crippen molar-refractivity contribution in [2.24, 2.45) is 7.05 Å². The summed E-state index contributed by atoms with van der Waals surface area (Å²) in [6.07, 6.45) is 3.51. The van der Waals surface area contributed by atoms with Crippen molar-refractivity contribution in [2.45, 2.75) is 19.4 Å². The van der Waals surface area contributed by atoms with Crippen molar-refractivity contribution in [3.63, 3.8) is 0 Å². The number of benzene rings is 1. The summed E-state index contributed by atoms with van der Waals surface area (Å²) in [5.41, 5.74) is 3.98. The highest BCUT2D eigenvalue weighted by Gasteiger charge is 2.20. The van der Waals surface area contributed by atoms with Crippen LogP contribution in [0.15, 0.2) is 24.4 Å². The van der Waals surface area contributed by atoms with Crippen molar-refractivity contribution >= 4 is 10.9 Å². The quantitative estimate of drug-likeness (QED) is 0.834. The fourth-order valence-electron chi connectivity index (χ4n) is 2.87. The average Bonchev–Trinajstić information content (AvgIpc) is 2.56. The predicted octanol–water partition coefficient (Wildman–Crippen LogP) is 2.54. The zero-order chi connectivity index (χ0) is 12.5. The molecule has 1 saturated heterocycles. The lowest BCUT2D eigenvalue weighted by Crippen LogP contribution is -2.16. The van der Waals surface area contributed by atoms with E-state index in [1.165, 1.54) is 22.0 Å². The van der Waals surface area contributed by atoms with Gasteiger partial charge in [-0.1, -0.05) is 12.1 Å². The average molecular weight is 244 g/mol. The van der Waals surface area contributed by atoms with Gasteiger partial charge < -0.3 is 14.6 Å². The van der Waals surface area contributed by atoms with Gasteiger partial charge in [-0.2, -0.15) is 0 Å². The van der Waals surface area contributed by atoms with Gasteiger partial charge in [-0.3, -0.25) is 0 Å². The molecule has 1 unspecified atom stereocenters. The smallest absolute Gasteiger partial charge is 0.0858 e. The van der Waals surface area contributed by atoms with E-state index in [-0.39, 0.29) is 6.10 Å². The Balaban J connectivity index is 2.10. The van der Waals surface area contributed by atoms with Crippen molar-refractivity contribution in [1.29, 1.82) is 0 Å². The topological polar surface area (TPSA) is 26.2 Å².